The number of aliphatic carboxylic acids is 1. The summed E-state index contributed by atoms with van der Waals surface area (Å²) in [5.74, 6) is 1.03. The van der Waals surface area contributed by atoms with Crippen molar-refractivity contribution in [3.8, 4) is 17.2 Å². The molecule has 0 saturated carbocycles. The Morgan fingerprint density at radius 3 is 2.09 bits per heavy atom. The second-order valence-electron chi connectivity index (χ2n) is 8.54. The highest BCUT2D eigenvalue weighted by atomic mass is 31.2. The minimum absolute atomic E-state index is 0. The number of ether oxygens (including phenoxy) is 2. The molecule has 0 fully saturated rings. The molecule has 10 nitrogen and oxygen atoms in total. The molecular formula is C23H34NO9P. The summed E-state index contributed by atoms with van der Waals surface area (Å²) in [5.41, 5.74) is 0. The van der Waals surface area contributed by atoms with Gasteiger partial charge in [-0.1, -0.05) is 18.2 Å². The van der Waals surface area contributed by atoms with Crippen LogP contribution >= 0.6 is 7.82 Å². The topological polar surface area (TPSA) is 142 Å². The number of likely N-dealkylation sites (N-methyl/N-ethyl adjacent to an activating group) is 1. The fourth-order valence-corrected chi connectivity index (χ4v) is 3.90. The van der Waals surface area contributed by atoms with Gasteiger partial charge in [0.1, 0.15) is 29.9 Å². The van der Waals surface area contributed by atoms with Crippen LogP contribution < -0.4 is 9.47 Å². The quantitative estimate of drug-likeness (QED) is 0.210. The van der Waals surface area contributed by atoms with E-state index in [2.05, 4.69) is 0 Å². The van der Waals surface area contributed by atoms with Gasteiger partial charge in [0.25, 0.3) is 0 Å². The van der Waals surface area contributed by atoms with Gasteiger partial charge >= 0.3 is 13.8 Å². The summed E-state index contributed by atoms with van der Waals surface area (Å²) in [7, 11) is 1.16. The van der Waals surface area contributed by atoms with Gasteiger partial charge in [0.15, 0.2) is 0 Å². The van der Waals surface area contributed by atoms with Gasteiger partial charge in [0, 0.05) is 0 Å². The number of nitrogens with zero attached hydrogens (tertiary/aromatic N) is 1. The summed E-state index contributed by atoms with van der Waals surface area (Å²) in [6.45, 7) is 0.649. The number of phosphoric ester groups is 1. The fourth-order valence-electron chi connectivity index (χ4n) is 2.96. The van der Waals surface area contributed by atoms with Crippen molar-refractivity contribution in [1.29, 1.82) is 0 Å². The van der Waals surface area contributed by atoms with Crippen LogP contribution in [0.15, 0.2) is 54.6 Å². The third kappa shape index (κ3) is 12.7. The summed E-state index contributed by atoms with van der Waals surface area (Å²) in [4.78, 5) is 20.9. The number of para-hydroxylation sites is 1. The molecule has 0 aliphatic rings. The van der Waals surface area contributed by atoms with Crippen molar-refractivity contribution >= 4 is 13.8 Å². The number of carbonyl (C=O) groups is 1. The lowest BCUT2D eigenvalue weighted by atomic mass is 10.2. The Morgan fingerprint density at radius 2 is 1.50 bits per heavy atom. The fraction of sp³-hybridized carbons (Fsp3) is 0.435. The lowest BCUT2D eigenvalue weighted by Crippen LogP contribution is -2.42. The maximum atomic E-state index is 12.2. The van der Waals surface area contributed by atoms with E-state index < -0.39 is 19.9 Å². The van der Waals surface area contributed by atoms with Crippen molar-refractivity contribution in [1.82, 2.24) is 0 Å². The molecule has 0 amide bonds. The van der Waals surface area contributed by atoms with E-state index >= 15 is 0 Å². The lowest BCUT2D eigenvalue weighted by molar-refractivity contribution is -0.873. The molecule has 34 heavy (non-hydrogen) atoms. The number of phosphoric acid groups is 1. The Morgan fingerprint density at radius 1 is 0.941 bits per heavy atom. The summed E-state index contributed by atoms with van der Waals surface area (Å²) in [5, 5.41) is 9.01. The van der Waals surface area contributed by atoms with Crippen LogP contribution in [0.1, 0.15) is 19.3 Å². The number of rotatable bonds is 15. The van der Waals surface area contributed by atoms with E-state index in [1.54, 1.807) is 12.1 Å². The largest absolute Gasteiger partial charge is 0.870 e. The molecular weight excluding hydrogens is 465 g/mol. The monoisotopic (exact) mass is 499 g/mol. The number of hydrogen-bond donors (Lipinski definition) is 2. The van der Waals surface area contributed by atoms with E-state index in [-0.39, 0.29) is 25.0 Å². The van der Waals surface area contributed by atoms with Gasteiger partial charge in [-0.2, -0.15) is 0 Å². The van der Waals surface area contributed by atoms with Crippen molar-refractivity contribution in [2.45, 2.75) is 25.4 Å². The minimum atomic E-state index is -4.36. The number of quaternary nitrogens is 1. The van der Waals surface area contributed by atoms with Gasteiger partial charge in [-0.3, -0.25) is 13.8 Å². The first-order valence-electron chi connectivity index (χ1n) is 10.7. The van der Waals surface area contributed by atoms with Crippen LogP contribution in [0.25, 0.3) is 0 Å². The number of carboxylic acids is 1. The molecule has 190 valence electrons. The maximum Gasteiger partial charge on any atom is 0.472 e. The summed E-state index contributed by atoms with van der Waals surface area (Å²) >= 11 is 0. The first kappa shape index (κ1) is 29.6. The first-order valence-corrected chi connectivity index (χ1v) is 12.2. The van der Waals surface area contributed by atoms with Crippen LogP contribution in [0.4, 0.5) is 0 Å². The Hall–Kier alpha value is -2.46. The molecule has 0 aliphatic carbocycles. The van der Waals surface area contributed by atoms with Gasteiger partial charge in [-0.05, 0) is 49.2 Å². The average molecular weight is 499 g/mol. The number of hydrogen-bond acceptors (Lipinski definition) is 7. The van der Waals surface area contributed by atoms with E-state index in [1.165, 1.54) is 0 Å². The zero-order valence-electron chi connectivity index (χ0n) is 19.7. The van der Waals surface area contributed by atoms with Crippen molar-refractivity contribution in [2.24, 2.45) is 0 Å². The van der Waals surface area contributed by atoms with Gasteiger partial charge in [0.05, 0.1) is 40.8 Å². The second-order valence-corrected chi connectivity index (χ2v) is 9.95. The maximum absolute atomic E-state index is 12.2. The predicted molar refractivity (Wildman–Crippen MR) is 125 cm³/mol. The molecule has 0 spiro atoms. The molecule has 0 heterocycles. The average Bonchev–Trinajstić information content (AvgIpc) is 2.70. The van der Waals surface area contributed by atoms with Crippen LogP contribution in [0.2, 0.25) is 0 Å². The van der Waals surface area contributed by atoms with Crippen LogP contribution in [0.5, 0.6) is 17.2 Å². The van der Waals surface area contributed by atoms with E-state index in [4.69, 9.17) is 23.6 Å². The minimum Gasteiger partial charge on any atom is -0.870 e. The Labute approximate surface area is 200 Å². The number of benzene rings is 2. The molecule has 0 radical (unpaired) electrons. The van der Waals surface area contributed by atoms with E-state index in [0.29, 0.717) is 35.4 Å². The third-order valence-electron chi connectivity index (χ3n) is 4.30. The first-order chi connectivity index (χ1) is 15.5. The van der Waals surface area contributed by atoms with Gasteiger partial charge in [-0.25, -0.2) is 4.57 Å². The number of carboxylic acid groups (broad SMARTS) is 1. The third-order valence-corrected chi connectivity index (χ3v) is 5.37. The molecule has 0 bridgehead atoms. The van der Waals surface area contributed by atoms with Gasteiger partial charge < -0.3 is 29.4 Å². The standard InChI is InChI=1S/C23H32NO8P.H2O/c1-24(2,3)18-22(17-23(25)26)32-33(27,28)30-16-8-7-15-29-19-11-13-21(14-12-19)31-20-9-5-4-6-10-20;/h4-6,9-14,22H,7-8,15-18H2,1-3H3,(H-,25,26,27,28);1H2. The lowest BCUT2D eigenvalue weighted by Gasteiger charge is -2.29. The molecule has 2 aromatic rings. The zero-order valence-corrected chi connectivity index (χ0v) is 20.6. The Bertz CT molecular complexity index is 901. The van der Waals surface area contributed by atoms with Crippen molar-refractivity contribution in [2.75, 3.05) is 40.9 Å². The zero-order chi connectivity index (χ0) is 24.3. The Kier molecular flexibility index (Phi) is 12.2. The van der Waals surface area contributed by atoms with Crippen LogP contribution in [-0.2, 0) is 18.4 Å². The van der Waals surface area contributed by atoms with Crippen molar-refractivity contribution in [3.05, 3.63) is 54.6 Å². The SMILES string of the molecule is C[N+](C)(C)CC(CC(=O)O)OP(=O)(O)OCCCCOc1ccc(Oc2ccccc2)cc1.[OH-]. The van der Waals surface area contributed by atoms with E-state index in [9.17, 15) is 14.3 Å². The number of unbranched alkanes of at least 4 members (excludes halogenated alkanes) is 1. The molecule has 2 aromatic carbocycles. The van der Waals surface area contributed by atoms with Gasteiger partial charge in [-0.15, -0.1) is 0 Å². The molecule has 2 atom stereocenters. The Balaban J connectivity index is 0.00000578. The van der Waals surface area contributed by atoms with Crippen molar-refractivity contribution < 1.29 is 47.8 Å². The molecule has 2 rings (SSSR count). The summed E-state index contributed by atoms with van der Waals surface area (Å²) in [6.07, 6.45) is -0.246. The summed E-state index contributed by atoms with van der Waals surface area (Å²) < 4.78 is 34.1. The van der Waals surface area contributed by atoms with Crippen LogP contribution in [0, 0.1) is 0 Å². The predicted octanol–water partition coefficient (Wildman–Crippen LogP) is 4.14. The molecule has 0 aliphatic heterocycles. The van der Waals surface area contributed by atoms with Gasteiger partial charge in [0.2, 0.25) is 0 Å². The molecule has 11 heteroatoms. The van der Waals surface area contributed by atoms with Crippen LogP contribution in [0.3, 0.4) is 0 Å². The molecule has 2 unspecified atom stereocenters. The second kappa shape index (κ2) is 14.1. The molecule has 0 saturated heterocycles. The van der Waals surface area contributed by atoms with Crippen LogP contribution in [-0.4, -0.2) is 72.9 Å². The summed E-state index contributed by atoms with van der Waals surface area (Å²) in [6, 6.07) is 16.7. The highest BCUT2D eigenvalue weighted by molar-refractivity contribution is 7.47. The van der Waals surface area contributed by atoms with Crippen molar-refractivity contribution in [3.63, 3.8) is 0 Å². The van der Waals surface area contributed by atoms with E-state index in [1.807, 2.05) is 63.6 Å². The highest BCUT2D eigenvalue weighted by Gasteiger charge is 2.31. The van der Waals surface area contributed by atoms with E-state index in [0.717, 1.165) is 5.75 Å². The molecule has 0 aromatic heterocycles. The normalized spacial score (nSPS) is 13.9. The smallest absolute Gasteiger partial charge is 0.472 e. The molecule has 3 N–H and O–H groups in total. The highest BCUT2D eigenvalue weighted by Crippen LogP contribution is 2.45.